The van der Waals surface area contributed by atoms with E-state index in [9.17, 15) is 4.79 Å². The zero-order valence-electron chi connectivity index (χ0n) is 17.2. The molecule has 0 radical (unpaired) electrons. The summed E-state index contributed by atoms with van der Waals surface area (Å²) in [6.07, 6.45) is 1.80. The molecule has 3 aromatic rings. The van der Waals surface area contributed by atoms with Crippen LogP contribution in [0.5, 0.6) is 0 Å². The first-order chi connectivity index (χ1) is 14.6. The smallest absolute Gasteiger partial charge is 0.233 e. The normalized spacial score (nSPS) is 14.4. The number of thioether (sulfide) groups is 1. The molecule has 1 aromatic carbocycles. The predicted molar refractivity (Wildman–Crippen MR) is 117 cm³/mol. The molecule has 156 valence electrons. The van der Waals surface area contributed by atoms with Gasteiger partial charge in [0.25, 0.3) is 0 Å². The van der Waals surface area contributed by atoms with E-state index >= 15 is 0 Å². The van der Waals surface area contributed by atoms with Crippen LogP contribution in [0.4, 0.5) is 5.82 Å². The molecule has 4 rings (SSSR count). The molecule has 1 aliphatic heterocycles. The van der Waals surface area contributed by atoms with Crippen molar-refractivity contribution in [3.63, 3.8) is 0 Å². The van der Waals surface area contributed by atoms with Gasteiger partial charge in [0.2, 0.25) is 11.1 Å². The Bertz CT molecular complexity index is 967. The first-order valence-corrected chi connectivity index (χ1v) is 11.1. The molecule has 0 unspecified atom stereocenters. The zero-order valence-corrected chi connectivity index (χ0v) is 18.0. The van der Waals surface area contributed by atoms with Crippen molar-refractivity contribution in [3.8, 4) is 5.69 Å². The van der Waals surface area contributed by atoms with E-state index in [1.807, 2.05) is 35.2 Å². The maximum atomic E-state index is 12.7. The van der Waals surface area contributed by atoms with Crippen LogP contribution in [0, 0.1) is 0 Å². The third kappa shape index (κ3) is 4.62. The standard InChI is InChI=1S/C21H25N7OS/c1-16(2)17-6-8-18(9-7-17)28-21(23-24-25-28)30-15-20(29)27-13-11-26(12-14-27)19-5-3-4-10-22-19/h3-10,16H,11-15H2,1-2H3. The Labute approximate surface area is 180 Å². The number of carbonyl (C=O) groups is 1. The fourth-order valence-corrected chi connectivity index (χ4v) is 4.17. The van der Waals surface area contributed by atoms with Crippen LogP contribution in [0.25, 0.3) is 5.69 Å². The Balaban J connectivity index is 1.32. The highest BCUT2D eigenvalue weighted by atomic mass is 32.2. The number of aromatic nitrogens is 5. The van der Waals surface area contributed by atoms with E-state index in [-0.39, 0.29) is 5.91 Å². The minimum absolute atomic E-state index is 0.102. The number of pyridine rings is 1. The number of nitrogens with zero attached hydrogens (tertiary/aromatic N) is 7. The lowest BCUT2D eigenvalue weighted by Gasteiger charge is -2.35. The molecule has 1 saturated heterocycles. The quantitative estimate of drug-likeness (QED) is 0.564. The first-order valence-electron chi connectivity index (χ1n) is 10.1. The van der Waals surface area contributed by atoms with Crippen molar-refractivity contribution in [1.29, 1.82) is 0 Å². The molecular formula is C21H25N7OS. The highest BCUT2D eigenvalue weighted by molar-refractivity contribution is 7.99. The van der Waals surface area contributed by atoms with Crippen LogP contribution in [-0.2, 0) is 4.79 Å². The number of piperazine rings is 1. The summed E-state index contributed by atoms with van der Waals surface area (Å²) in [7, 11) is 0. The van der Waals surface area contributed by atoms with Gasteiger partial charge in [0.1, 0.15) is 5.82 Å². The largest absolute Gasteiger partial charge is 0.353 e. The Kier molecular flexibility index (Phi) is 6.27. The van der Waals surface area contributed by atoms with Gasteiger partial charge in [-0.2, -0.15) is 4.68 Å². The Morgan fingerprint density at radius 2 is 1.83 bits per heavy atom. The van der Waals surface area contributed by atoms with Crippen molar-refractivity contribution < 1.29 is 4.79 Å². The number of carbonyl (C=O) groups excluding carboxylic acids is 1. The van der Waals surface area contributed by atoms with Gasteiger partial charge in [0.05, 0.1) is 11.4 Å². The van der Waals surface area contributed by atoms with Crippen molar-refractivity contribution >= 4 is 23.5 Å². The van der Waals surface area contributed by atoms with Crippen LogP contribution in [-0.4, -0.2) is 67.9 Å². The average molecular weight is 424 g/mol. The summed E-state index contributed by atoms with van der Waals surface area (Å²) in [6.45, 7) is 7.28. The Hall–Kier alpha value is -2.94. The van der Waals surface area contributed by atoms with Crippen LogP contribution < -0.4 is 4.90 Å². The molecule has 0 bridgehead atoms. The molecule has 1 aliphatic rings. The number of hydrogen-bond acceptors (Lipinski definition) is 7. The van der Waals surface area contributed by atoms with E-state index in [4.69, 9.17) is 0 Å². The van der Waals surface area contributed by atoms with Crippen molar-refractivity contribution in [1.82, 2.24) is 30.1 Å². The second-order valence-corrected chi connectivity index (χ2v) is 8.41. The van der Waals surface area contributed by atoms with E-state index in [1.54, 1.807) is 10.9 Å². The summed E-state index contributed by atoms with van der Waals surface area (Å²) >= 11 is 1.37. The van der Waals surface area contributed by atoms with Crippen LogP contribution >= 0.6 is 11.8 Å². The summed E-state index contributed by atoms with van der Waals surface area (Å²) in [6, 6.07) is 14.1. The molecule has 0 saturated carbocycles. The third-order valence-electron chi connectivity index (χ3n) is 5.18. The molecule has 8 nitrogen and oxygen atoms in total. The molecule has 0 spiro atoms. The van der Waals surface area contributed by atoms with Crippen molar-refractivity contribution in [2.45, 2.75) is 24.9 Å². The lowest BCUT2D eigenvalue weighted by molar-refractivity contribution is -0.128. The fraction of sp³-hybridized carbons (Fsp3) is 0.381. The van der Waals surface area contributed by atoms with E-state index in [2.05, 4.69) is 51.4 Å². The van der Waals surface area contributed by atoms with Crippen LogP contribution in [0.3, 0.4) is 0 Å². The second-order valence-electron chi connectivity index (χ2n) is 7.46. The Morgan fingerprint density at radius 1 is 1.07 bits per heavy atom. The van der Waals surface area contributed by atoms with Crippen LogP contribution in [0.2, 0.25) is 0 Å². The van der Waals surface area contributed by atoms with Crippen LogP contribution in [0.15, 0.2) is 53.8 Å². The van der Waals surface area contributed by atoms with E-state index in [0.29, 0.717) is 29.9 Å². The highest BCUT2D eigenvalue weighted by Crippen LogP contribution is 2.21. The SMILES string of the molecule is CC(C)c1ccc(-n2nnnc2SCC(=O)N2CCN(c3ccccn3)CC2)cc1. The first kappa shape index (κ1) is 20.3. The molecule has 2 aromatic heterocycles. The van der Waals surface area contributed by atoms with Gasteiger partial charge in [0, 0.05) is 32.4 Å². The number of anilines is 1. The predicted octanol–water partition coefficient (Wildman–Crippen LogP) is 2.62. The molecule has 9 heteroatoms. The fourth-order valence-electron chi connectivity index (χ4n) is 3.37. The monoisotopic (exact) mass is 423 g/mol. The van der Waals surface area contributed by atoms with Gasteiger partial charge < -0.3 is 9.80 Å². The number of tetrazole rings is 1. The van der Waals surface area contributed by atoms with Gasteiger partial charge in [0.15, 0.2) is 0 Å². The average Bonchev–Trinajstić information content (AvgIpc) is 3.27. The van der Waals surface area contributed by atoms with Gasteiger partial charge in [-0.05, 0) is 46.2 Å². The Morgan fingerprint density at radius 3 is 2.50 bits per heavy atom. The van der Waals surface area contributed by atoms with Gasteiger partial charge in [-0.1, -0.05) is 43.8 Å². The number of hydrogen-bond donors (Lipinski definition) is 0. The topological polar surface area (TPSA) is 80.0 Å². The lowest BCUT2D eigenvalue weighted by Crippen LogP contribution is -2.49. The summed E-state index contributed by atoms with van der Waals surface area (Å²) in [4.78, 5) is 21.2. The van der Waals surface area contributed by atoms with Gasteiger partial charge in [-0.15, -0.1) is 5.10 Å². The highest BCUT2D eigenvalue weighted by Gasteiger charge is 2.22. The molecule has 0 aliphatic carbocycles. The summed E-state index contributed by atoms with van der Waals surface area (Å²) in [5, 5.41) is 12.6. The molecule has 0 N–H and O–H groups in total. The van der Waals surface area contributed by atoms with Gasteiger partial charge >= 0.3 is 0 Å². The summed E-state index contributed by atoms with van der Waals surface area (Å²) in [5.74, 6) is 1.85. The van der Waals surface area contributed by atoms with Crippen LogP contribution in [0.1, 0.15) is 25.3 Å². The van der Waals surface area contributed by atoms with Gasteiger partial charge in [-0.25, -0.2) is 4.98 Å². The molecule has 30 heavy (non-hydrogen) atoms. The van der Waals surface area contributed by atoms with E-state index in [0.717, 1.165) is 24.6 Å². The van der Waals surface area contributed by atoms with Crippen molar-refractivity contribution in [2.75, 3.05) is 36.8 Å². The lowest BCUT2D eigenvalue weighted by atomic mass is 10.0. The summed E-state index contributed by atoms with van der Waals surface area (Å²) in [5.41, 5.74) is 2.16. The minimum atomic E-state index is 0.102. The maximum Gasteiger partial charge on any atom is 0.233 e. The summed E-state index contributed by atoms with van der Waals surface area (Å²) < 4.78 is 1.68. The maximum absolute atomic E-state index is 12.7. The van der Waals surface area contributed by atoms with E-state index < -0.39 is 0 Å². The molecular weight excluding hydrogens is 398 g/mol. The van der Waals surface area contributed by atoms with Crippen molar-refractivity contribution in [2.24, 2.45) is 0 Å². The second kappa shape index (κ2) is 9.25. The van der Waals surface area contributed by atoms with E-state index in [1.165, 1.54) is 17.3 Å². The zero-order chi connectivity index (χ0) is 20.9. The molecule has 1 amide bonds. The molecule has 1 fully saturated rings. The number of benzene rings is 1. The number of amides is 1. The number of rotatable bonds is 6. The third-order valence-corrected chi connectivity index (χ3v) is 6.08. The van der Waals surface area contributed by atoms with Gasteiger partial charge in [-0.3, -0.25) is 4.79 Å². The molecule has 0 atom stereocenters. The molecule has 3 heterocycles. The minimum Gasteiger partial charge on any atom is -0.353 e. The van der Waals surface area contributed by atoms with Crippen molar-refractivity contribution in [3.05, 3.63) is 54.2 Å².